The highest BCUT2D eigenvalue weighted by molar-refractivity contribution is 6.11. The zero-order valence-corrected chi connectivity index (χ0v) is 30.3. The first-order valence-corrected chi connectivity index (χ1v) is 18.6. The summed E-state index contributed by atoms with van der Waals surface area (Å²) in [5, 5.41) is 4.14. The van der Waals surface area contributed by atoms with Gasteiger partial charge in [-0.05, 0) is 68.0 Å². The number of aromatic nitrogens is 4. The van der Waals surface area contributed by atoms with Gasteiger partial charge in [-0.25, -0.2) is 15.0 Å². The summed E-state index contributed by atoms with van der Waals surface area (Å²) >= 11 is 0. The van der Waals surface area contributed by atoms with E-state index in [4.69, 9.17) is 23.2 Å². The molecule has 11 rings (SSSR count). The van der Waals surface area contributed by atoms with Gasteiger partial charge in [0.25, 0.3) is 0 Å². The van der Waals surface area contributed by atoms with E-state index in [1.165, 1.54) is 4.57 Å². The van der Waals surface area contributed by atoms with Gasteiger partial charge in [0.2, 0.25) is 0 Å². The monoisotopic (exact) mass is 734 g/mol. The van der Waals surface area contributed by atoms with E-state index < -0.39 is 48.3 Å². The van der Waals surface area contributed by atoms with E-state index in [2.05, 4.69) is 36.4 Å². The summed E-state index contributed by atoms with van der Waals surface area (Å²) < 4.78 is 73.6. The second-order valence-corrected chi connectivity index (χ2v) is 13.8. The predicted octanol–water partition coefficient (Wildman–Crippen LogP) is 13.6. The number of hydrogen-bond acceptors (Lipinski definition) is 3. The first-order chi connectivity index (χ1) is 31.6. The van der Waals surface area contributed by atoms with Crippen LogP contribution < -0.4 is 0 Å². The van der Waals surface area contributed by atoms with Gasteiger partial charge in [0, 0.05) is 21.9 Å². The molecule has 0 saturated carbocycles. The Kier molecular flexibility index (Phi) is 6.04. The van der Waals surface area contributed by atoms with Crippen LogP contribution in [0.1, 0.15) is 11.0 Å². The molecule has 0 amide bonds. The number of benzene rings is 9. The van der Waals surface area contributed by atoms with Crippen molar-refractivity contribution in [1.82, 2.24) is 19.5 Å². The van der Waals surface area contributed by atoms with E-state index in [0.717, 1.165) is 49.4 Å². The number of fused-ring (bicyclic) bond motifs is 6. The minimum Gasteiger partial charge on any atom is -0.308 e. The summed E-state index contributed by atoms with van der Waals surface area (Å²) in [5.74, 6) is 1.00. The van der Waals surface area contributed by atoms with Crippen molar-refractivity contribution >= 4 is 43.4 Å². The standard InChI is InChI=1S/C53H34N4/c1-3-14-35(15-4-1)36-26-31-40(32-27-36)52-54-51(39-17-5-2-6-18-39)55-53(56-52)50-43(41-33-30-38-29-28-37-16-7-8-19-42(37)46(38)34-41)22-13-25-49(50)57-47-23-11-9-20-44(47)45-21-10-12-24-48(45)57/h1-34H/i9D,10D,11D,12D,20D,21D,23D,24D. The molecule has 2 heterocycles. The van der Waals surface area contributed by atoms with Crippen LogP contribution in [0.25, 0.3) is 105 Å². The molecule has 11 aromatic rings. The van der Waals surface area contributed by atoms with Gasteiger partial charge in [-0.1, -0.05) is 182 Å². The Morgan fingerprint density at radius 2 is 0.877 bits per heavy atom. The van der Waals surface area contributed by atoms with Gasteiger partial charge in [0.1, 0.15) is 0 Å². The van der Waals surface area contributed by atoms with E-state index >= 15 is 0 Å². The molecule has 0 aliphatic rings. The molecule has 4 heteroatoms. The van der Waals surface area contributed by atoms with Crippen molar-refractivity contribution in [2.45, 2.75) is 0 Å². The molecule has 0 atom stereocenters. The summed E-state index contributed by atoms with van der Waals surface area (Å²) in [4.78, 5) is 15.5. The van der Waals surface area contributed by atoms with Crippen LogP contribution in [0, 0.1) is 0 Å². The Balaban J connectivity index is 1.28. The lowest BCUT2D eigenvalue weighted by Gasteiger charge is -2.19. The molecule has 0 unspecified atom stereocenters. The normalized spacial score (nSPS) is 13.5. The zero-order chi connectivity index (χ0) is 44.7. The van der Waals surface area contributed by atoms with Crippen LogP contribution in [0.5, 0.6) is 0 Å². The molecule has 0 aliphatic heterocycles. The summed E-state index contributed by atoms with van der Waals surface area (Å²) in [6.45, 7) is 0. The minimum atomic E-state index is -0.515. The van der Waals surface area contributed by atoms with Crippen molar-refractivity contribution < 1.29 is 11.0 Å². The smallest absolute Gasteiger partial charge is 0.166 e. The zero-order valence-electron chi connectivity index (χ0n) is 38.3. The first kappa shape index (κ1) is 25.4. The molecular formula is C53H34N4. The van der Waals surface area contributed by atoms with Crippen LogP contribution in [-0.4, -0.2) is 19.5 Å². The topological polar surface area (TPSA) is 43.6 Å². The Morgan fingerprint density at radius 1 is 0.368 bits per heavy atom. The molecule has 0 spiro atoms. The number of hydrogen-bond donors (Lipinski definition) is 0. The van der Waals surface area contributed by atoms with Gasteiger partial charge < -0.3 is 4.57 Å². The molecule has 266 valence electrons. The van der Waals surface area contributed by atoms with Crippen molar-refractivity contribution in [3.8, 4) is 62.1 Å². The molecule has 0 bridgehead atoms. The quantitative estimate of drug-likeness (QED) is 0.160. The summed E-state index contributed by atoms with van der Waals surface area (Å²) in [7, 11) is 0. The highest BCUT2D eigenvalue weighted by Gasteiger charge is 2.23. The van der Waals surface area contributed by atoms with E-state index in [0.29, 0.717) is 28.5 Å². The Labute approximate surface area is 341 Å². The molecule has 0 saturated heterocycles. The molecule has 4 nitrogen and oxygen atoms in total. The minimum absolute atomic E-state index is 0.00466. The maximum Gasteiger partial charge on any atom is 0.166 e. The Bertz CT molecular complexity index is 3670. The van der Waals surface area contributed by atoms with Crippen LogP contribution in [0.15, 0.2) is 206 Å². The van der Waals surface area contributed by atoms with Gasteiger partial charge in [-0.2, -0.15) is 0 Å². The summed E-state index contributed by atoms with van der Waals surface area (Å²) in [6, 6.07) is 48.1. The molecule has 0 radical (unpaired) electrons. The van der Waals surface area contributed by atoms with Crippen molar-refractivity contribution in [3.05, 3.63) is 206 Å². The summed E-state index contributed by atoms with van der Waals surface area (Å²) in [5.41, 5.74) is 5.78. The number of nitrogens with zero attached hydrogens (tertiary/aromatic N) is 4. The molecule has 0 aliphatic carbocycles. The lowest BCUT2D eigenvalue weighted by molar-refractivity contribution is 1.06. The third kappa shape index (κ3) is 5.66. The third-order valence-corrected chi connectivity index (χ3v) is 10.5. The molecule has 2 aromatic heterocycles. The van der Waals surface area contributed by atoms with Gasteiger partial charge in [-0.3, -0.25) is 0 Å². The second kappa shape index (κ2) is 13.6. The van der Waals surface area contributed by atoms with Crippen molar-refractivity contribution in [2.24, 2.45) is 0 Å². The van der Waals surface area contributed by atoms with Gasteiger partial charge in [0.05, 0.1) is 33.3 Å². The molecule has 0 N–H and O–H groups in total. The maximum atomic E-state index is 9.36. The van der Waals surface area contributed by atoms with Crippen LogP contribution in [0.3, 0.4) is 0 Å². The van der Waals surface area contributed by atoms with Crippen LogP contribution in [-0.2, 0) is 0 Å². The lowest BCUT2D eigenvalue weighted by Crippen LogP contribution is -2.05. The van der Waals surface area contributed by atoms with Crippen LogP contribution in [0.4, 0.5) is 0 Å². The van der Waals surface area contributed by atoms with Crippen molar-refractivity contribution in [2.75, 3.05) is 0 Å². The van der Waals surface area contributed by atoms with E-state index in [1.807, 2.05) is 115 Å². The number of para-hydroxylation sites is 2. The van der Waals surface area contributed by atoms with E-state index in [1.54, 1.807) is 6.07 Å². The Hall–Kier alpha value is -7.69. The fourth-order valence-corrected chi connectivity index (χ4v) is 7.81. The molecule has 57 heavy (non-hydrogen) atoms. The number of rotatable bonds is 6. The highest BCUT2D eigenvalue weighted by Crippen LogP contribution is 2.42. The lowest BCUT2D eigenvalue weighted by atomic mass is 9.93. The van der Waals surface area contributed by atoms with Crippen molar-refractivity contribution in [3.63, 3.8) is 0 Å². The van der Waals surface area contributed by atoms with E-state index in [9.17, 15) is 2.74 Å². The highest BCUT2D eigenvalue weighted by atomic mass is 15.1. The molecule has 9 aromatic carbocycles. The third-order valence-electron chi connectivity index (χ3n) is 10.5. The van der Waals surface area contributed by atoms with Crippen LogP contribution >= 0.6 is 0 Å². The molecule has 0 fully saturated rings. The maximum absolute atomic E-state index is 9.36. The van der Waals surface area contributed by atoms with Crippen molar-refractivity contribution in [1.29, 1.82) is 0 Å². The average molecular weight is 735 g/mol. The summed E-state index contributed by atoms with van der Waals surface area (Å²) in [6.07, 6.45) is 0. The van der Waals surface area contributed by atoms with Gasteiger partial charge >= 0.3 is 0 Å². The second-order valence-electron chi connectivity index (χ2n) is 13.8. The Morgan fingerprint density at radius 3 is 1.58 bits per heavy atom. The largest absolute Gasteiger partial charge is 0.308 e. The fraction of sp³-hybridized carbons (Fsp3) is 0. The van der Waals surface area contributed by atoms with Gasteiger partial charge in [-0.15, -0.1) is 0 Å². The van der Waals surface area contributed by atoms with Crippen LogP contribution in [0.2, 0.25) is 0 Å². The first-order valence-electron chi connectivity index (χ1n) is 22.6. The average Bonchev–Trinajstić information content (AvgIpc) is 3.73. The predicted molar refractivity (Wildman–Crippen MR) is 236 cm³/mol. The van der Waals surface area contributed by atoms with E-state index in [-0.39, 0.29) is 27.6 Å². The fourth-order valence-electron chi connectivity index (χ4n) is 7.81. The molecular weight excluding hydrogens is 693 g/mol. The van der Waals surface area contributed by atoms with Gasteiger partial charge in [0.15, 0.2) is 17.5 Å². The SMILES string of the molecule is [2H]c1c([2H])c([2H])c2c(c1[2H])c1c([2H])c([2H])c([2H])c([2H])c1n2-c1cccc(-c2ccc3ccc4ccccc4c3c2)c1-c1nc(-c2ccccc2)nc(-c2ccc(-c3ccccc3)cc2)n1.